The van der Waals surface area contributed by atoms with Crippen LogP contribution in [0.4, 0.5) is 0 Å². The average molecular weight is 354 g/mol. The number of hydrogen-bond donors (Lipinski definition) is 1. The van der Waals surface area contributed by atoms with E-state index in [9.17, 15) is 0 Å². The van der Waals surface area contributed by atoms with Crippen LogP contribution in [0.25, 0.3) is 0 Å². The van der Waals surface area contributed by atoms with Crippen LogP contribution < -0.4 is 14.8 Å². The van der Waals surface area contributed by atoms with E-state index < -0.39 is 0 Å². The lowest BCUT2D eigenvalue weighted by Gasteiger charge is -2.28. The average Bonchev–Trinajstić information content (AvgIpc) is 3.22. The van der Waals surface area contributed by atoms with Crippen molar-refractivity contribution in [2.24, 2.45) is 0 Å². The zero-order chi connectivity index (χ0) is 17.9. The summed E-state index contributed by atoms with van der Waals surface area (Å²) in [6.45, 7) is 4.87. The fourth-order valence-corrected chi connectivity index (χ4v) is 3.83. The molecule has 6 heteroatoms. The van der Waals surface area contributed by atoms with Gasteiger partial charge < -0.3 is 14.8 Å². The highest BCUT2D eigenvalue weighted by Crippen LogP contribution is 2.29. The van der Waals surface area contributed by atoms with E-state index in [0.717, 1.165) is 62.9 Å². The van der Waals surface area contributed by atoms with Crippen molar-refractivity contribution in [3.63, 3.8) is 0 Å². The van der Waals surface area contributed by atoms with Crippen molar-refractivity contribution < 1.29 is 9.47 Å². The molecule has 2 aromatic rings. The quantitative estimate of drug-likeness (QED) is 0.888. The number of hydrogen-bond acceptors (Lipinski definition) is 6. The predicted molar refractivity (Wildman–Crippen MR) is 99.6 cm³/mol. The van der Waals surface area contributed by atoms with Gasteiger partial charge >= 0.3 is 0 Å². The van der Waals surface area contributed by atoms with E-state index in [1.54, 1.807) is 14.2 Å². The maximum Gasteiger partial charge on any atom is 0.161 e. The van der Waals surface area contributed by atoms with Gasteiger partial charge in [-0.05, 0) is 30.7 Å². The van der Waals surface area contributed by atoms with Crippen LogP contribution >= 0.6 is 0 Å². The summed E-state index contributed by atoms with van der Waals surface area (Å²) in [6.07, 6.45) is 4.17. The van der Waals surface area contributed by atoms with Gasteiger partial charge in [0.15, 0.2) is 11.5 Å². The Labute approximate surface area is 154 Å². The van der Waals surface area contributed by atoms with Gasteiger partial charge in [-0.3, -0.25) is 4.90 Å². The van der Waals surface area contributed by atoms with Gasteiger partial charge in [0.1, 0.15) is 5.82 Å². The maximum absolute atomic E-state index is 5.42. The summed E-state index contributed by atoms with van der Waals surface area (Å²) < 4.78 is 10.7. The van der Waals surface area contributed by atoms with Crippen LogP contribution in [-0.4, -0.2) is 48.7 Å². The molecule has 6 nitrogen and oxygen atoms in total. The highest BCUT2D eigenvalue weighted by Gasteiger charge is 2.23. The summed E-state index contributed by atoms with van der Waals surface area (Å²) in [5, 5.41) is 3.40. The Hall–Kier alpha value is -2.18. The minimum Gasteiger partial charge on any atom is -0.493 e. The molecule has 2 aliphatic rings. The van der Waals surface area contributed by atoms with Crippen molar-refractivity contribution in [2.45, 2.75) is 31.8 Å². The molecule has 1 aromatic heterocycles. The topological polar surface area (TPSA) is 59.5 Å². The smallest absolute Gasteiger partial charge is 0.161 e. The summed E-state index contributed by atoms with van der Waals surface area (Å²) in [4.78, 5) is 12.0. The van der Waals surface area contributed by atoms with Gasteiger partial charge in [-0.25, -0.2) is 9.97 Å². The fourth-order valence-electron chi connectivity index (χ4n) is 3.83. The number of fused-ring (bicyclic) bond motifs is 1. The minimum atomic E-state index is 0.477. The Morgan fingerprint density at radius 2 is 2.12 bits per heavy atom. The number of rotatable bonds is 5. The lowest BCUT2D eigenvalue weighted by atomic mass is 10.0. The van der Waals surface area contributed by atoms with Crippen molar-refractivity contribution in [2.75, 3.05) is 33.9 Å². The molecule has 1 fully saturated rings. The fraction of sp³-hybridized carbons (Fsp3) is 0.500. The largest absolute Gasteiger partial charge is 0.493 e. The van der Waals surface area contributed by atoms with Crippen molar-refractivity contribution in [3.05, 3.63) is 47.0 Å². The molecule has 1 N–H and O–H groups in total. The molecule has 0 aliphatic carbocycles. The van der Waals surface area contributed by atoms with E-state index in [1.165, 1.54) is 16.8 Å². The third kappa shape index (κ3) is 3.52. The lowest BCUT2D eigenvalue weighted by Crippen LogP contribution is -2.31. The molecule has 0 unspecified atom stereocenters. The first-order chi connectivity index (χ1) is 12.8. The summed E-state index contributed by atoms with van der Waals surface area (Å²) in [7, 11) is 3.34. The first-order valence-electron chi connectivity index (χ1n) is 9.25. The third-order valence-electron chi connectivity index (χ3n) is 5.31. The molecule has 0 bridgehead atoms. The Kier molecular flexibility index (Phi) is 5.04. The van der Waals surface area contributed by atoms with E-state index in [4.69, 9.17) is 14.5 Å². The van der Waals surface area contributed by atoms with Crippen LogP contribution in [0, 0.1) is 0 Å². The van der Waals surface area contributed by atoms with Crippen LogP contribution in [0.3, 0.4) is 0 Å². The number of nitrogens with one attached hydrogen (secondary N) is 1. The number of methoxy groups -OCH3 is 2. The SMILES string of the molecule is COc1ccc(CN2CCc3nc([C@@H]4CCNC4)ncc3C2)cc1OC. The van der Waals surface area contributed by atoms with Crippen LogP contribution in [0.1, 0.15) is 35.0 Å². The highest BCUT2D eigenvalue weighted by atomic mass is 16.5. The molecule has 1 atom stereocenters. The summed E-state index contributed by atoms with van der Waals surface area (Å²) in [5.74, 6) is 3.04. The maximum atomic E-state index is 5.42. The van der Waals surface area contributed by atoms with Crippen LogP contribution in [0.2, 0.25) is 0 Å². The number of aromatic nitrogens is 2. The first kappa shape index (κ1) is 17.2. The molecule has 0 radical (unpaired) electrons. The monoisotopic (exact) mass is 354 g/mol. The molecule has 0 saturated carbocycles. The standard InChI is InChI=1S/C20H26N4O2/c1-25-18-4-3-14(9-19(18)26-2)12-24-8-6-17-16(13-24)11-22-20(23-17)15-5-7-21-10-15/h3-4,9,11,15,21H,5-8,10,12-13H2,1-2H3/t15-/m1/s1. The van der Waals surface area contributed by atoms with Crippen molar-refractivity contribution >= 4 is 0 Å². The van der Waals surface area contributed by atoms with Gasteiger partial charge in [-0.2, -0.15) is 0 Å². The third-order valence-corrected chi connectivity index (χ3v) is 5.31. The van der Waals surface area contributed by atoms with E-state index in [2.05, 4.69) is 27.3 Å². The van der Waals surface area contributed by atoms with Gasteiger partial charge in [0.05, 0.1) is 14.2 Å². The summed E-state index contributed by atoms with van der Waals surface area (Å²) >= 11 is 0. The molecule has 2 aliphatic heterocycles. The molecule has 26 heavy (non-hydrogen) atoms. The highest BCUT2D eigenvalue weighted by molar-refractivity contribution is 5.42. The molecule has 0 spiro atoms. The van der Waals surface area contributed by atoms with E-state index in [1.807, 2.05) is 12.3 Å². The minimum absolute atomic E-state index is 0.477. The normalized spacial score (nSPS) is 20.0. The molecule has 138 valence electrons. The zero-order valence-electron chi connectivity index (χ0n) is 15.5. The second-order valence-electron chi connectivity index (χ2n) is 7.04. The number of nitrogens with zero attached hydrogens (tertiary/aromatic N) is 3. The van der Waals surface area contributed by atoms with Gasteiger partial charge in [0, 0.05) is 56.0 Å². The molecular formula is C20H26N4O2. The Morgan fingerprint density at radius 3 is 2.88 bits per heavy atom. The second-order valence-corrected chi connectivity index (χ2v) is 7.04. The number of benzene rings is 1. The number of ether oxygens (including phenoxy) is 2. The lowest BCUT2D eigenvalue weighted by molar-refractivity contribution is 0.242. The van der Waals surface area contributed by atoms with Crippen molar-refractivity contribution in [3.8, 4) is 11.5 Å². The van der Waals surface area contributed by atoms with Gasteiger partial charge in [0.2, 0.25) is 0 Å². The van der Waals surface area contributed by atoms with E-state index in [0.29, 0.717) is 5.92 Å². The Morgan fingerprint density at radius 1 is 1.23 bits per heavy atom. The van der Waals surface area contributed by atoms with Gasteiger partial charge in [-0.15, -0.1) is 0 Å². The first-order valence-corrected chi connectivity index (χ1v) is 9.25. The van der Waals surface area contributed by atoms with Crippen molar-refractivity contribution in [1.82, 2.24) is 20.2 Å². The Bertz CT molecular complexity index is 774. The van der Waals surface area contributed by atoms with E-state index in [-0.39, 0.29) is 0 Å². The van der Waals surface area contributed by atoms with Gasteiger partial charge in [0.25, 0.3) is 0 Å². The Balaban J connectivity index is 1.45. The van der Waals surface area contributed by atoms with Crippen LogP contribution in [0.5, 0.6) is 11.5 Å². The summed E-state index contributed by atoms with van der Waals surface area (Å²) in [6, 6.07) is 6.13. The van der Waals surface area contributed by atoms with E-state index >= 15 is 0 Å². The summed E-state index contributed by atoms with van der Waals surface area (Å²) in [5.41, 5.74) is 3.71. The molecule has 3 heterocycles. The van der Waals surface area contributed by atoms with Gasteiger partial charge in [-0.1, -0.05) is 6.07 Å². The van der Waals surface area contributed by atoms with Crippen LogP contribution in [-0.2, 0) is 19.5 Å². The molecular weight excluding hydrogens is 328 g/mol. The second kappa shape index (κ2) is 7.60. The molecule has 4 rings (SSSR count). The predicted octanol–water partition coefficient (Wildman–Crippen LogP) is 2.13. The molecule has 1 saturated heterocycles. The molecule has 1 aromatic carbocycles. The van der Waals surface area contributed by atoms with Crippen LogP contribution in [0.15, 0.2) is 24.4 Å². The molecule has 0 amide bonds. The van der Waals surface area contributed by atoms with Crippen molar-refractivity contribution in [1.29, 1.82) is 0 Å². The zero-order valence-corrected chi connectivity index (χ0v) is 15.5.